The number of nitrogens with one attached hydrogen (secondary N) is 2. The number of fused-ring (bicyclic) bond motifs is 2. The van der Waals surface area contributed by atoms with Crippen LogP contribution in [0.25, 0.3) is 9.53 Å². The number of ether oxygens (including phenoxy) is 1. The Kier molecular flexibility index (Phi) is 5.13. The van der Waals surface area contributed by atoms with Crippen LogP contribution in [0.15, 0.2) is 18.2 Å². The third-order valence-corrected chi connectivity index (χ3v) is 6.82. The molecule has 0 fully saturated rings. The number of thiazole rings is 1. The minimum absolute atomic E-state index is 0.0657. The maximum Gasteiger partial charge on any atom is 0.265 e. The summed E-state index contributed by atoms with van der Waals surface area (Å²) in [6.45, 7) is 5.91. The van der Waals surface area contributed by atoms with Gasteiger partial charge in [-0.2, -0.15) is 0 Å². The highest BCUT2D eigenvalue weighted by molar-refractivity contribution is 7.29. The fraction of sp³-hybridized carbons (Fsp3) is 0.278. The van der Waals surface area contributed by atoms with Crippen molar-refractivity contribution in [1.29, 1.82) is 0 Å². The quantitative estimate of drug-likeness (QED) is 0.617. The van der Waals surface area contributed by atoms with Crippen molar-refractivity contribution >= 4 is 72.1 Å². The summed E-state index contributed by atoms with van der Waals surface area (Å²) in [6, 6.07) is 5.03. The van der Waals surface area contributed by atoms with Gasteiger partial charge in [-0.1, -0.05) is 22.9 Å². The first-order chi connectivity index (χ1) is 13.5. The highest BCUT2D eigenvalue weighted by atomic mass is 35.5. The second-order valence-corrected chi connectivity index (χ2v) is 8.51. The number of thiophene rings is 1. The first-order valence-electron chi connectivity index (χ1n) is 8.71. The van der Waals surface area contributed by atoms with E-state index < -0.39 is 0 Å². The number of amides is 2. The topological polar surface area (TPSA) is 83.6 Å². The third kappa shape index (κ3) is 3.52. The average Bonchev–Trinajstić information content (AvgIpc) is 3.23. The molecule has 4 rings (SSSR count). The number of benzene rings is 1. The number of aromatic nitrogens is 1. The van der Waals surface area contributed by atoms with Crippen molar-refractivity contribution in [2.45, 2.75) is 13.8 Å². The number of carbonyl (C=O) groups excluding carboxylic acids is 2. The van der Waals surface area contributed by atoms with Crippen LogP contribution in [-0.4, -0.2) is 36.5 Å². The molecule has 3 heterocycles. The number of rotatable bonds is 5. The number of anilines is 3. The van der Waals surface area contributed by atoms with Gasteiger partial charge in [-0.3, -0.25) is 9.59 Å². The number of nitrogens with zero attached hydrogens (tertiary/aromatic N) is 2. The zero-order valence-electron chi connectivity index (χ0n) is 15.2. The lowest BCUT2D eigenvalue weighted by Crippen LogP contribution is -2.25. The van der Waals surface area contributed by atoms with Crippen molar-refractivity contribution in [3.8, 4) is 5.75 Å². The molecule has 1 aliphatic rings. The molecule has 2 aromatic heterocycles. The van der Waals surface area contributed by atoms with E-state index >= 15 is 0 Å². The molecular formula is C18H17ClN4O3S2. The fourth-order valence-electron chi connectivity index (χ4n) is 2.84. The van der Waals surface area contributed by atoms with Crippen LogP contribution >= 0.6 is 34.3 Å². The van der Waals surface area contributed by atoms with E-state index in [4.69, 9.17) is 16.3 Å². The third-order valence-electron chi connectivity index (χ3n) is 4.29. The van der Waals surface area contributed by atoms with Crippen molar-refractivity contribution in [2.24, 2.45) is 0 Å². The van der Waals surface area contributed by atoms with Gasteiger partial charge in [-0.05, 0) is 26.0 Å². The number of hydrogen-bond donors (Lipinski definition) is 2. The lowest BCUT2D eigenvalue weighted by molar-refractivity contribution is -0.118. The van der Waals surface area contributed by atoms with Gasteiger partial charge in [0, 0.05) is 19.2 Å². The molecule has 0 atom stereocenters. The van der Waals surface area contributed by atoms with Crippen LogP contribution in [0.1, 0.15) is 23.5 Å². The van der Waals surface area contributed by atoms with E-state index in [9.17, 15) is 9.59 Å². The summed E-state index contributed by atoms with van der Waals surface area (Å²) < 4.78 is 6.36. The Morgan fingerprint density at radius 1 is 1.32 bits per heavy atom. The Morgan fingerprint density at radius 2 is 2.11 bits per heavy atom. The second-order valence-electron chi connectivity index (χ2n) is 6.07. The van der Waals surface area contributed by atoms with E-state index in [0.717, 1.165) is 27.8 Å². The molecule has 0 unspecified atom stereocenters. The van der Waals surface area contributed by atoms with Crippen molar-refractivity contribution in [2.75, 3.05) is 35.2 Å². The molecule has 3 aromatic rings. The van der Waals surface area contributed by atoms with Crippen LogP contribution in [0.3, 0.4) is 0 Å². The lowest BCUT2D eigenvalue weighted by Gasteiger charge is -2.19. The Morgan fingerprint density at radius 3 is 2.82 bits per heavy atom. The van der Waals surface area contributed by atoms with Gasteiger partial charge < -0.3 is 20.3 Å². The van der Waals surface area contributed by atoms with E-state index in [1.54, 1.807) is 23.5 Å². The molecule has 28 heavy (non-hydrogen) atoms. The van der Waals surface area contributed by atoms with E-state index in [0.29, 0.717) is 27.0 Å². The normalized spacial score (nSPS) is 13.0. The standard InChI is InChI=1S/C18H17ClN4O3S2/c1-3-23(4-2)18-22-17-14(28-18)7-13(27-17)16(25)21-10-6-12-11(5-9(10)19)20-15(24)8-26-12/h5-7H,3-4,8H2,1-2H3,(H,20,24)(H,21,25). The predicted octanol–water partition coefficient (Wildman–Crippen LogP) is 4.44. The van der Waals surface area contributed by atoms with E-state index in [1.165, 1.54) is 11.3 Å². The molecule has 1 aliphatic heterocycles. The Balaban J connectivity index is 1.55. The molecule has 2 N–H and O–H groups in total. The molecule has 2 amide bonds. The van der Waals surface area contributed by atoms with Gasteiger partial charge in [0.1, 0.15) is 10.6 Å². The highest BCUT2D eigenvalue weighted by Crippen LogP contribution is 2.38. The molecule has 0 bridgehead atoms. The summed E-state index contributed by atoms with van der Waals surface area (Å²) in [4.78, 5) is 32.3. The van der Waals surface area contributed by atoms with Crippen LogP contribution in [0.2, 0.25) is 5.02 Å². The number of carbonyl (C=O) groups is 2. The first-order valence-corrected chi connectivity index (χ1v) is 10.7. The zero-order valence-corrected chi connectivity index (χ0v) is 17.6. The van der Waals surface area contributed by atoms with Gasteiger partial charge in [-0.15, -0.1) is 11.3 Å². The lowest BCUT2D eigenvalue weighted by atomic mass is 10.2. The highest BCUT2D eigenvalue weighted by Gasteiger charge is 2.21. The summed E-state index contributed by atoms with van der Waals surface area (Å²) in [7, 11) is 0. The Hall–Kier alpha value is -2.36. The first kappa shape index (κ1) is 19.0. The van der Waals surface area contributed by atoms with Crippen LogP contribution in [0.4, 0.5) is 16.5 Å². The van der Waals surface area contributed by atoms with Crippen LogP contribution in [0, 0.1) is 0 Å². The predicted molar refractivity (Wildman–Crippen MR) is 115 cm³/mol. The monoisotopic (exact) mass is 436 g/mol. The van der Waals surface area contributed by atoms with Crippen molar-refractivity contribution in [3.63, 3.8) is 0 Å². The fourth-order valence-corrected chi connectivity index (χ4v) is 5.29. The van der Waals surface area contributed by atoms with Crippen molar-refractivity contribution in [3.05, 3.63) is 28.1 Å². The van der Waals surface area contributed by atoms with E-state index in [1.807, 2.05) is 6.07 Å². The minimum Gasteiger partial charge on any atom is -0.482 e. The summed E-state index contributed by atoms with van der Waals surface area (Å²) in [6.07, 6.45) is 0. The molecule has 0 radical (unpaired) electrons. The van der Waals surface area contributed by atoms with Gasteiger partial charge in [0.25, 0.3) is 11.8 Å². The van der Waals surface area contributed by atoms with Crippen LogP contribution in [-0.2, 0) is 4.79 Å². The molecule has 0 saturated carbocycles. The Bertz CT molecular complexity index is 1040. The van der Waals surface area contributed by atoms with Gasteiger partial charge >= 0.3 is 0 Å². The second kappa shape index (κ2) is 7.57. The minimum atomic E-state index is -0.263. The Labute approximate surface area is 174 Å². The molecule has 0 spiro atoms. The SMILES string of the molecule is CCN(CC)c1nc2sc(C(=O)Nc3cc4c(cc3Cl)NC(=O)CO4)cc2s1. The largest absolute Gasteiger partial charge is 0.482 e. The smallest absolute Gasteiger partial charge is 0.265 e. The zero-order chi connectivity index (χ0) is 19.8. The number of hydrogen-bond acceptors (Lipinski definition) is 7. The molecular weight excluding hydrogens is 420 g/mol. The summed E-state index contributed by atoms with van der Waals surface area (Å²) in [5.74, 6) is -0.0335. The number of halogens is 1. The van der Waals surface area contributed by atoms with E-state index in [-0.39, 0.29) is 18.4 Å². The van der Waals surface area contributed by atoms with Gasteiger partial charge in [0.2, 0.25) is 0 Å². The summed E-state index contributed by atoms with van der Waals surface area (Å²) in [5, 5.41) is 6.78. The molecule has 7 nitrogen and oxygen atoms in total. The van der Waals surface area contributed by atoms with Crippen LogP contribution < -0.4 is 20.3 Å². The van der Waals surface area contributed by atoms with Crippen molar-refractivity contribution in [1.82, 2.24) is 4.98 Å². The molecule has 10 heteroatoms. The molecule has 1 aromatic carbocycles. The average molecular weight is 437 g/mol. The summed E-state index contributed by atoms with van der Waals surface area (Å²) >= 11 is 9.18. The molecule has 0 saturated heterocycles. The molecule has 146 valence electrons. The van der Waals surface area contributed by atoms with Gasteiger partial charge in [0.05, 0.1) is 26.0 Å². The van der Waals surface area contributed by atoms with E-state index in [2.05, 4.69) is 34.4 Å². The maximum atomic E-state index is 12.7. The van der Waals surface area contributed by atoms with Crippen LogP contribution in [0.5, 0.6) is 5.75 Å². The van der Waals surface area contributed by atoms with Crippen molar-refractivity contribution < 1.29 is 14.3 Å². The van der Waals surface area contributed by atoms with Gasteiger partial charge in [-0.25, -0.2) is 4.98 Å². The summed E-state index contributed by atoms with van der Waals surface area (Å²) in [5.41, 5.74) is 0.916. The molecule has 0 aliphatic carbocycles. The van der Waals surface area contributed by atoms with Gasteiger partial charge in [0.15, 0.2) is 11.7 Å². The maximum absolute atomic E-state index is 12.7.